The second-order valence-electron chi connectivity index (χ2n) is 3.39. The van der Waals surface area contributed by atoms with Gasteiger partial charge in [0.15, 0.2) is 0 Å². The summed E-state index contributed by atoms with van der Waals surface area (Å²) in [4.78, 5) is 18.1. The number of H-pyrrole nitrogens is 1. The molecule has 1 amide bonds. The van der Waals surface area contributed by atoms with Crippen LogP contribution in [0.3, 0.4) is 0 Å². The van der Waals surface area contributed by atoms with E-state index in [0.29, 0.717) is 6.54 Å². The number of nitrogens with one attached hydrogen (secondary N) is 2. The van der Waals surface area contributed by atoms with E-state index in [9.17, 15) is 9.18 Å². The molecule has 4 nitrogen and oxygen atoms in total. The van der Waals surface area contributed by atoms with Crippen molar-refractivity contribution >= 4 is 17.5 Å². The van der Waals surface area contributed by atoms with Gasteiger partial charge >= 0.3 is 0 Å². The topological polar surface area (TPSA) is 57.8 Å². The van der Waals surface area contributed by atoms with Crippen LogP contribution in [0, 0.1) is 5.82 Å². The fourth-order valence-electron chi connectivity index (χ4n) is 1.33. The molecule has 0 aromatic carbocycles. The van der Waals surface area contributed by atoms with Crippen molar-refractivity contribution < 1.29 is 9.18 Å². The zero-order valence-corrected chi connectivity index (χ0v) is 9.46. The third-order valence-electron chi connectivity index (χ3n) is 2.17. The molecule has 0 bridgehead atoms. The second-order valence-corrected chi connectivity index (χ2v) is 3.75. The highest BCUT2D eigenvalue weighted by atomic mass is 35.5. The molecule has 2 aromatic heterocycles. The minimum atomic E-state index is -0.596. The lowest BCUT2D eigenvalue weighted by atomic mass is 10.2. The van der Waals surface area contributed by atoms with Crippen LogP contribution < -0.4 is 5.32 Å². The lowest BCUT2D eigenvalue weighted by Gasteiger charge is -2.05. The summed E-state index contributed by atoms with van der Waals surface area (Å²) in [6.07, 6.45) is 4.47. The van der Waals surface area contributed by atoms with Crippen molar-refractivity contribution in [2.24, 2.45) is 0 Å². The first-order valence-corrected chi connectivity index (χ1v) is 5.25. The summed E-state index contributed by atoms with van der Waals surface area (Å²) in [6.45, 7) is 0.342. The van der Waals surface area contributed by atoms with Gasteiger partial charge in [0, 0.05) is 18.9 Å². The Balaban J connectivity index is 2.07. The molecule has 0 aliphatic rings. The molecule has 2 aromatic rings. The fourth-order valence-corrected chi connectivity index (χ4v) is 1.52. The van der Waals surface area contributed by atoms with Gasteiger partial charge in [-0.25, -0.2) is 9.37 Å². The van der Waals surface area contributed by atoms with E-state index in [1.165, 1.54) is 0 Å². The van der Waals surface area contributed by atoms with Crippen molar-refractivity contribution in [3.8, 4) is 0 Å². The minimum Gasteiger partial charge on any atom is -0.367 e. The molecular weight excluding hydrogens is 245 g/mol. The Bertz CT molecular complexity index is 528. The molecule has 0 saturated heterocycles. The number of pyridine rings is 1. The van der Waals surface area contributed by atoms with Crippen molar-refractivity contribution in [2.45, 2.75) is 6.54 Å². The van der Waals surface area contributed by atoms with Crippen LogP contribution in [0.15, 0.2) is 30.7 Å². The highest BCUT2D eigenvalue weighted by molar-refractivity contribution is 6.32. The molecule has 0 atom stereocenters. The van der Waals surface area contributed by atoms with Gasteiger partial charge in [-0.1, -0.05) is 11.6 Å². The molecular formula is C11H9ClFN3O. The third kappa shape index (κ3) is 2.82. The summed E-state index contributed by atoms with van der Waals surface area (Å²) in [6, 6.07) is 2.88. The van der Waals surface area contributed by atoms with Crippen molar-refractivity contribution in [2.75, 3.05) is 0 Å². The number of hydrogen-bond acceptors (Lipinski definition) is 2. The van der Waals surface area contributed by atoms with E-state index < -0.39 is 11.7 Å². The molecule has 0 aliphatic heterocycles. The summed E-state index contributed by atoms with van der Waals surface area (Å²) in [5, 5.41) is 2.60. The van der Waals surface area contributed by atoms with Crippen molar-refractivity contribution in [3.05, 3.63) is 52.8 Å². The Morgan fingerprint density at radius 3 is 3.12 bits per heavy atom. The molecule has 0 unspecified atom stereocenters. The van der Waals surface area contributed by atoms with E-state index in [1.807, 2.05) is 6.07 Å². The smallest absolute Gasteiger partial charge is 0.254 e. The number of halogens is 2. The standard InChI is InChI=1S/C11H9ClFN3O/c12-10-9(3-8(13)6-15-10)11(17)16-5-7-1-2-14-4-7/h1-4,6,14H,5H2,(H,16,17). The van der Waals surface area contributed by atoms with Crippen LogP contribution in [0.5, 0.6) is 0 Å². The largest absolute Gasteiger partial charge is 0.367 e. The molecule has 2 N–H and O–H groups in total. The van der Waals surface area contributed by atoms with Crippen LogP contribution in [0.1, 0.15) is 15.9 Å². The maximum Gasteiger partial charge on any atom is 0.254 e. The molecule has 2 rings (SSSR count). The second kappa shape index (κ2) is 4.97. The first-order valence-electron chi connectivity index (χ1n) is 4.88. The van der Waals surface area contributed by atoms with Gasteiger partial charge in [0.1, 0.15) is 11.0 Å². The van der Waals surface area contributed by atoms with Crippen LogP contribution in [-0.4, -0.2) is 15.9 Å². The zero-order valence-electron chi connectivity index (χ0n) is 8.71. The quantitative estimate of drug-likeness (QED) is 0.824. The SMILES string of the molecule is O=C(NCc1cc[nH]c1)c1cc(F)cnc1Cl. The number of nitrogens with zero attached hydrogens (tertiary/aromatic N) is 1. The Morgan fingerprint density at radius 2 is 2.41 bits per heavy atom. The van der Waals surface area contributed by atoms with Gasteiger partial charge in [-0.2, -0.15) is 0 Å². The maximum atomic E-state index is 12.9. The Kier molecular flexibility index (Phi) is 3.39. The predicted molar refractivity (Wildman–Crippen MR) is 61.2 cm³/mol. The van der Waals surface area contributed by atoms with Gasteiger partial charge in [0.25, 0.3) is 5.91 Å². The fraction of sp³-hybridized carbons (Fsp3) is 0.0909. The van der Waals surface area contributed by atoms with Crippen LogP contribution in [0.4, 0.5) is 4.39 Å². The van der Waals surface area contributed by atoms with E-state index in [-0.39, 0.29) is 10.7 Å². The highest BCUT2D eigenvalue weighted by Gasteiger charge is 2.12. The third-order valence-corrected chi connectivity index (χ3v) is 2.47. The zero-order chi connectivity index (χ0) is 12.3. The predicted octanol–water partition coefficient (Wildman–Crippen LogP) is 2.13. The van der Waals surface area contributed by atoms with Crippen LogP contribution in [-0.2, 0) is 6.54 Å². The van der Waals surface area contributed by atoms with E-state index in [1.54, 1.807) is 12.4 Å². The first-order chi connectivity index (χ1) is 8.16. The summed E-state index contributed by atoms with van der Waals surface area (Å²) >= 11 is 5.71. The minimum absolute atomic E-state index is 0.0158. The number of carbonyl (C=O) groups is 1. The van der Waals surface area contributed by atoms with E-state index in [4.69, 9.17) is 11.6 Å². The van der Waals surface area contributed by atoms with Gasteiger partial charge < -0.3 is 10.3 Å². The van der Waals surface area contributed by atoms with Crippen molar-refractivity contribution in [1.82, 2.24) is 15.3 Å². The van der Waals surface area contributed by atoms with E-state index >= 15 is 0 Å². The number of amides is 1. The Hall–Kier alpha value is -1.88. The highest BCUT2D eigenvalue weighted by Crippen LogP contribution is 2.13. The van der Waals surface area contributed by atoms with Gasteiger partial charge in [-0.15, -0.1) is 0 Å². The summed E-state index contributed by atoms with van der Waals surface area (Å²) in [7, 11) is 0. The number of hydrogen-bond donors (Lipinski definition) is 2. The van der Waals surface area contributed by atoms with E-state index in [0.717, 1.165) is 17.8 Å². The first kappa shape index (κ1) is 11.6. The Morgan fingerprint density at radius 1 is 1.59 bits per heavy atom. The van der Waals surface area contributed by atoms with Crippen molar-refractivity contribution in [1.29, 1.82) is 0 Å². The summed E-state index contributed by atoms with van der Waals surface area (Å²) in [5.74, 6) is -1.05. The molecule has 0 aliphatic carbocycles. The number of carbonyl (C=O) groups excluding carboxylic acids is 1. The number of aromatic amines is 1. The molecule has 2 heterocycles. The summed E-state index contributed by atoms with van der Waals surface area (Å²) in [5.41, 5.74) is 0.945. The average Bonchev–Trinajstić information content (AvgIpc) is 2.82. The monoisotopic (exact) mass is 253 g/mol. The molecule has 0 spiro atoms. The van der Waals surface area contributed by atoms with Crippen LogP contribution >= 0.6 is 11.6 Å². The van der Waals surface area contributed by atoms with Crippen LogP contribution in [0.2, 0.25) is 5.15 Å². The maximum absolute atomic E-state index is 12.9. The van der Waals surface area contributed by atoms with Crippen LogP contribution in [0.25, 0.3) is 0 Å². The van der Waals surface area contributed by atoms with Gasteiger partial charge in [0.05, 0.1) is 11.8 Å². The Labute approximate surface area is 102 Å². The lowest BCUT2D eigenvalue weighted by Crippen LogP contribution is -2.23. The molecule has 0 saturated carbocycles. The van der Waals surface area contributed by atoms with Crippen molar-refractivity contribution in [3.63, 3.8) is 0 Å². The van der Waals surface area contributed by atoms with Gasteiger partial charge in [0.2, 0.25) is 0 Å². The molecule has 88 valence electrons. The lowest BCUT2D eigenvalue weighted by molar-refractivity contribution is 0.0950. The number of rotatable bonds is 3. The van der Waals surface area contributed by atoms with Gasteiger partial charge in [-0.05, 0) is 17.7 Å². The molecule has 0 radical (unpaired) electrons. The molecule has 17 heavy (non-hydrogen) atoms. The average molecular weight is 254 g/mol. The summed E-state index contributed by atoms with van der Waals surface area (Å²) < 4.78 is 12.9. The normalized spacial score (nSPS) is 10.2. The number of aromatic nitrogens is 2. The molecule has 6 heteroatoms. The molecule has 0 fully saturated rings. The van der Waals surface area contributed by atoms with E-state index in [2.05, 4.69) is 15.3 Å². The van der Waals surface area contributed by atoms with Gasteiger partial charge in [-0.3, -0.25) is 4.79 Å².